The number of aromatic nitrogens is 4. The average molecular weight is 403 g/mol. The maximum absolute atomic E-state index is 12.7. The zero-order chi connectivity index (χ0) is 20.8. The second-order valence-corrected chi connectivity index (χ2v) is 6.88. The van der Waals surface area contributed by atoms with Crippen molar-refractivity contribution >= 4 is 11.7 Å². The molecule has 0 spiro atoms. The van der Waals surface area contributed by atoms with Gasteiger partial charge in [0.15, 0.2) is 0 Å². The van der Waals surface area contributed by atoms with Gasteiger partial charge >= 0.3 is 6.18 Å². The van der Waals surface area contributed by atoms with Crippen molar-refractivity contribution in [3.05, 3.63) is 69.3 Å². The number of aromatic amines is 1. The van der Waals surface area contributed by atoms with Crippen molar-refractivity contribution in [2.75, 3.05) is 5.32 Å². The van der Waals surface area contributed by atoms with Crippen molar-refractivity contribution in [2.45, 2.75) is 31.9 Å². The lowest BCUT2D eigenvalue weighted by Gasteiger charge is -2.10. The third kappa shape index (κ3) is 4.05. The summed E-state index contributed by atoms with van der Waals surface area (Å²) in [5.74, 6) is 0.0851. The smallest absolute Gasteiger partial charge is 0.306 e. The number of aryl methyl sites for hydroxylation is 1. The zero-order valence-electron chi connectivity index (χ0n) is 15.2. The minimum Gasteiger partial charge on any atom is -0.306 e. The van der Waals surface area contributed by atoms with Crippen LogP contribution in [0, 0.1) is 6.92 Å². The highest BCUT2D eigenvalue weighted by Crippen LogP contribution is 2.40. The number of alkyl halides is 3. The van der Waals surface area contributed by atoms with Crippen molar-refractivity contribution in [2.24, 2.45) is 0 Å². The fourth-order valence-corrected chi connectivity index (χ4v) is 2.89. The van der Waals surface area contributed by atoms with Crippen LogP contribution >= 0.6 is 0 Å². The van der Waals surface area contributed by atoms with Crippen molar-refractivity contribution < 1.29 is 18.0 Å². The standard InChI is InChI=1S/C19H16F3N5O2/c1-10-8-16(28)25-18(23-10)27-15(9-14(26-27)11-2-3-11)24-17(29)12-4-6-13(7-5-12)19(20,21)22/h4-9,11H,2-3H2,1H3,(H,24,29)(H,23,25,28). The van der Waals surface area contributed by atoms with Gasteiger partial charge in [-0.2, -0.15) is 23.0 Å². The first-order chi connectivity index (χ1) is 13.7. The predicted molar refractivity (Wildman–Crippen MR) is 98.1 cm³/mol. The normalized spacial score (nSPS) is 14.1. The van der Waals surface area contributed by atoms with Crippen molar-refractivity contribution in [1.82, 2.24) is 19.7 Å². The summed E-state index contributed by atoms with van der Waals surface area (Å²) in [5.41, 5.74) is 0.0844. The molecular formula is C19H16F3N5O2. The largest absolute Gasteiger partial charge is 0.416 e. The number of halogens is 3. The number of nitrogens with zero attached hydrogens (tertiary/aromatic N) is 3. The topological polar surface area (TPSA) is 92.7 Å². The highest BCUT2D eigenvalue weighted by molar-refractivity contribution is 6.04. The average Bonchev–Trinajstić information content (AvgIpc) is 3.41. The summed E-state index contributed by atoms with van der Waals surface area (Å²) in [4.78, 5) is 31.2. The molecule has 3 aromatic rings. The lowest BCUT2D eigenvalue weighted by molar-refractivity contribution is -0.137. The van der Waals surface area contributed by atoms with Gasteiger partial charge in [0.25, 0.3) is 11.5 Å². The number of amides is 1. The summed E-state index contributed by atoms with van der Waals surface area (Å²) in [6.45, 7) is 1.66. The highest BCUT2D eigenvalue weighted by Gasteiger charge is 2.31. The molecule has 0 bridgehead atoms. The van der Waals surface area contributed by atoms with Crippen LogP contribution in [0.3, 0.4) is 0 Å². The van der Waals surface area contributed by atoms with E-state index in [4.69, 9.17) is 0 Å². The SMILES string of the molecule is Cc1cc(=O)[nH]c(-n2nc(C3CC3)cc2NC(=O)c2ccc(C(F)(F)F)cc2)n1. The molecule has 0 unspecified atom stereocenters. The lowest BCUT2D eigenvalue weighted by Crippen LogP contribution is -2.19. The van der Waals surface area contributed by atoms with Gasteiger partial charge in [-0.15, -0.1) is 0 Å². The summed E-state index contributed by atoms with van der Waals surface area (Å²) in [7, 11) is 0. The van der Waals surface area contributed by atoms with E-state index in [1.165, 1.54) is 10.7 Å². The maximum Gasteiger partial charge on any atom is 0.416 e. The lowest BCUT2D eigenvalue weighted by atomic mass is 10.1. The van der Waals surface area contributed by atoms with Crippen LogP contribution < -0.4 is 10.9 Å². The van der Waals surface area contributed by atoms with Crippen molar-refractivity contribution in [3.8, 4) is 5.95 Å². The number of hydrogen-bond donors (Lipinski definition) is 2. The molecular weight excluding hydrogens is 387 g/mol. The number of nitrogens with one attached hydrogen (secondary N) is 2. The van der Waals surface area contributed by atoms with E-state index in [2.05, 4.69) is 20.4 Å². The Morgan fingerprint density at radius 1 is 1.21 bits per heavy atom. The molecule has 0 radical (unpaired) electrons. The molecule has 4 rings (SSSR count). The van der Waals surface area contributed by atoms with Crippen LogP contribution in [0.2, 0.25) is 0 Å². The molecule has 1 aliphatic rings. The van der Waals surface area contributed by atoms with Crippen molar-refractivity contribution in [1.29, 1.82) is 0 Å². The predicted octanol–water partition coefficient (Wildman–Crippen LogP) is 3.41. The summed E-state index contributed by atoms with van der Waals surface area (Å²) >= 11 is 0. The number of anilines is 1. The highest BCUT2D eigenvalue weighted by atomic mass is 19.4. The Kier molecular flexibility index (Phi) is 4.48. The Bertz CT molecular complexity index is 1130. The van der Waals surface area contributed by atoms with Gasteiger partial charge in [0.1, 0.15) is 5.82 Å². The summed E-state index contributed by atoms with van der Waals surface area (Å²) in [6.07, 6.45) is -2.53. The van der Waals surface area contributed by atoms with Gasteiger partial charge in [0.05, 0.1) is 11.3 Å². The molecule has 10 heteroatoms. The first-order valence-corrected chi connectivity index (χ1v) is 8.87. The number of benzene rings is 1. The van der Waals surface area contributed by atoms with Gasteiger partial charge in [0, 0.05) is 29.3 Å². The number of rotatable bonds is 4. The molecule has 2 N–H and O–H groups in total. The van der Waals surface area contributed by atoms with Gasteiger partial charge in [-0.25, -0.2) is 4.98 Å². The maximum atomic E-state index is 12.7. The van der Waals surface area contributed by atoms with Crippen LogP contribution in [-0.2, 0) is 6.18 Å². The van der Waals surface area contributed by atoms with Crippen LogP contribution in [0.15, 0.2) is 41.2 Å². The molecule has 0 aliphatic heterocycles. The molecule has 2 heterocycles. The van der Waals surface area contributed by atoms with Gasteiger partial charge in [-0.3, -0.25) is 14.6 Å². The van der Waals surface area contributed by atoms with Crippen LogP contribution in [0.25, 0.3) is 5.95 Å². The van der Waals surface area contributed by atoms with Crippen molar-refractivity contribution in [3.63, 3.8) is 0 Å². The molecule has 1 fully saturated rings. The molecule has 7 nitrogen and oxygen atoms in total. The van der Waals surface area contributed by atoms with E-state index in [1.54, 1.807) is 13.0 Å². The zero-order valence-corrected chi connectivity index (χ0v) is 15.2. The number of carbonyl (C=O) groups excluding carboxylic acids is 1. The molecule has 1 amide bonds. The third-order valence-corrected chi connectivity index (χ3v) is 4.50. The first kappa shape index (κ1) is 18.9. The minimum atomic E-state index is -4.48. The van der Waals surface area contributed by atoms with E-state index in [-0.39, 0.29) is 28.8 Å². The molecule has 150 valence electrons. The molecule has 1 saturated carbocycles. The Hall–Kier alpha value is -3.43. The van der Waals surface area contributed by atoms with E-state index in [0.29, 0.717) is 5.69 Å². The number of H-pyrrole nitrogens is 1. The van der Waals surface area contributed by atoms with Gasteiger partial charge in [0.2, 0.25) is 5.95 Å². The minimum absolute atomic E-state index is 0.0596. The number of carbonyl (C=O) groups is 1. The first-order valence-electron chi connectivity index (χ1n) is 8.87. The third-order valence-electron chi connectivity index (χ3n) is 4.50. The Morgan fingerprint density at radius 2 is 1.90 bits per heavy atom. The van der Waals surface area contributed by atoms with Gasteiger partial charge < -0.3 is 5.32 Å². The van der Waals surface area contributed by atoms with E-state index in [1.807, 2.05) is 0 Å². The van der Waals surface area contributed by atoms with E-state index in [9.17, 15) is 22.8 Å². The summed E-state index contributed by atoms with van der Waals surface area (Å²) in [6, 6.07) is 6.92. The molecule has 0 atom stereocenters. The second-order valence-electron chi connectivity index (χ2n) is 6.88. The summed E-state index contributed by atoms with van der Waals surface area (Å²) in [5, 5.41) is 7.08. The molecule has 2 aromatic heterocycles. The van der Waals surface area contributed by atoms with Crippen LogP contribution in [0.5, 0.6) is 0 Å². The van der Waals surface area contributed by atoms with Crippen LogP contribution in [0.4, 0.5) is 19.0 Å². The summed E-state index contributed by atoms with van der Waals surface area (Å²) < 4.78 is 39.5. The van der Waals surface area contributed by atoms with Crippen LogP contribution in [0.1, 0.15) is 46.1 Å². The Labute approximate surface area is 162 Å². The molecule has 0 saturated heterocycles. The fourth-order valence-electron chi connectivity index (χ4n) is 2.89. The Balaban J connectivity index is 1.65. The van der Waals surface area contributed by atoms with E-state index < -0.39 is 17.6 Å². The quantitative estimate of drug-likeness (QED) is 0.698. The van der Waals surface area contributed by atoms with Gasteiger partial charge in [-0.05, 0) is 44.0 Å². The number of hydrogen-bond acceptors (Lipinski definition) is 4. The van der Waals surface area contributed by atoms with Crippen LogP contribution in [-0.4, -0.2) is 25.7 Å². The fraction of sp³-hybridized carbons (Fsp3) is 0.263. The van der Waals surface area contributed by atoms with E-state index in [0.717, 1.165) is 42.8 Å². The monoisotopic (exact) mass is 403 g/mol. The molecule has 29 heavy (non-hydrogen) atoms. The Morgan fingerprint density at radius 3 is 2.48 bits per heavy atom. The molecule has 1 aromatic carbocycles. The second kappa shape index (κ2) is 6.87. The van der Waals surface area contributed by atoms with E-state index >= 15 is 0 Å². The van der Waals surface area contributed by atoms with Gasteiger partial charge in [-0.1, -0.05) is 0 Å². The molecule has 1 aliphatic carbocycles.